The summed E-state index contributed by atoms with van der Waals surface area (Å²) in [5.41, 5.74) is 2.55. The Morgan fingerprint density at radius 2 is 1.88 bits per heavy atom. The fraction of sp³-hybridized carbons (Fsp3) is 0.478. The second-order valence-corrected chi connectivity index (χ2v) is 8.43. The van der Waals surface area contributed by atoms with Gasteiger partial charge in [-0.2, -0.15) is 4.98 Å². The molecule has 3 heterocycles. The average molecular weight is 452 g/mol. The average Bonchev–Trinajstić information content (AvgIpc) is 2.85. The summed E-state index contributed by atoms with van der Waals surface area (Å²) in [6.07, 6.45) is 7.20. The normalized spacial score (nSPS) is 21.1. The molecule has 2 aliphatic rings. The lowest BCUT2D eigenvalue weighted by Crippen LogP contribution is -2.36. The molecule has 2 fully saturated rings. The monoisotopic (exact) mass is 451 g/mol. The molecule has 33 heavy (non-hydrogen) atoms. The summed E-state index contributed by atoms with van der Waals surface area (Å²) >= 11 is 0. The summed E-state index contributed by atoms with van der Waals surface area (Å²) in [5, 5.41) is 6.27. The van der Waals surface area contributed by atoms with E-state index in [2.05, 4.69) is 47.6 Å². The van der Waals surface area contributed by atoms with Gasteiger partial charge in [-0.3, -0.25) is 14.8 Å². The zero-order valence-corrected chi connectivity index (χ0v) is 18.7. The second-order valence-electron chi connectivity index (χ2n) is 8.43. The predicted molar refractivity (Wildman–Crippen MR) is 127 cm³/mol. The van der Waals surface area contributed by atoms with Crippen molar-refractivity contribution in [2.24, 2.45) is 0 Å². The summed E-state index contributed by atoms with van der Waals surface area (Å²) in [4.78, 5) is 30.2. The van der Waals surface area contributed by atoms with E-state index in [9.17, 15) is 4.79 Å². The topological polar surface area (TPSA) is 117 Å². The van der Waals surface area contributed by atoms with E-state index in [-0.39, 0.29) is 17.7 Å². The van der Waals surface area contributed by atoms with Crippen molar-refractivity contribution in [3.8, 4) is 5.75 Å². The van der Waals surface area contributed by atoms with Crippen LogP contribution in [0.15, 0.2) is 35.4 Å². The molecule has 1 aliphatic carbocycles. The molecule has 0 unspecified atom stereocenters. The lowest BCUT2D eigenvalue weighted by atomic mass is 9.93. The molecule has 0 radical (unpaired) electrons. The van der Waals surface area contributed by atoms with Crippen molar-refractivity contribution in [3.63, 3.8) is 0 Å². The van der Waals surface area contributed by atoms with Crippen molar-refractivity contribution in [1.29, 1.82) is 0 Å². The summed E-state index contributed by atoms with van der Waals surface area (Å²) in [6.45, 7) is 3.16. The maximum Gasteiger partial charge on any atom is 0.254 e. The number of hydrogen-bond donors (Lipinski definition) is 3. The largest absolute Gasteiger partial charge is 0.488 e. The minimum Gasteiger partial charge on any atom is -0.488 e. The van der Waals surface area contributed by atoms with Gasteiger partial charge in [0.05, 0.1) is 24.8 Å². The third kappa shape index (κ3) is 5.00. The number of anilines is 3. The summed E-state index contributed by atoms with van der Waals surface area (Å²) in [7, 11) is 1.73. The van der Waals surface area contributed by atoms with E-state index in [1.54, 1.807) is 19.4 Å². The van der Waals surface area contributed by atoms with Gasteiger partial charge in [0, 0.05) is 56.4 Å². The number of nitrogens with zero attached hydrogens (tertiary/aromatic N) is 4. The van der Waals surface area contributed by atoms with Gasteiger partial charge in [-0.25, -0.2) is 4.98 Å². The number of nitrogens with one attached hydrogen (secondary N) is 3. The molecule has 174 valence electrons. The maximum absolute atomic E-state index is 11.8. The standard InChI is InChI=1S/C23H29N7O3/c1-24-23-28-20(14-21(31)29-23)27-15-2-4-17(5-3-15)33-19-13-16(30-8-10-32-11-9-30)12-18-22(19)26-7-6-25-18/h6-7,12-15,17H,2-5,8-11H2,1H3,(H3,24,27,28,29,31)/t15-,17+. The number of fused-ring (bicyclic) bond motifs is 1. The highest BCUT2D eigenvalue weighted by atomic mass is 16.5. The van der Waals surface area contributed by atoms with Crippen LogP contribution in [0.5, 0.6) is 5.75 Å². The predicted octanol–water partition coefficient (Wildman–Crippen LogP) is 2.39. The highest BCUT2D eigenvalue weighted by molar-refractivity contribution is 5.85. The molecule has 3 N–H and O–H groups in total. The Morgan fingerprint density at radius 1 is 1.09 bits per heavy atom. The maximum atomic E-state index is 11.8. The fourth-order valence-electron chi connectivity index (χ4n) is 4.49. The van der Waals surface area contributed by atoms with Crippen LogP contribution in [-0.2, 0) is 4.74 Å². The van der Waals surface area contributed by atoms with Gasteiger partial charge in [-0.05, 0) is 31.7 Å². The number of benzene rings is 1. The van der Waals surface area contributed by atoms with Gasteiger partial charge in [0.1, 0.15) is 17.1 Å². The molecule has 1 aliphatic heterocycles. The van der Waals surface area contributed by atoms with Gasteiger partial charge in [0.15, 0.2) is 0 Å². The van der Waals surface area contributed by atoms with E-state index in [4.69, 9.17) is 9.47 Å². The van der Waals surface area contributed by atoms with Crippen LogP contribution in [0.3, 0.4) is 0 Å². The third-order valence-corrected chi connectivity index (χ3v) is 6.20. The summed E-state index contributed by atoms with van der Waals surface area (Å²) in [5.74, 6) is 1.83. The van der Waals surface area contributed by atoms with Crippen LogP contribution in [0.4, 0.5) is 17.5 Å². The van der Waals surface area contributed by atoms with Gasteiger partial charge in [0.2, 0.25) is 5.95 Å². The number of aromatic amines is 1. The van der Waals surface area contributed by atoms with E-state index in [1.165, 1.54) is 6.07 Å². The van der Waals surface area contributed by atoms with Crippen LogP contribution < -0.4 is 25.8 Å². The highest BCUT2D eigenvalue weighted by Gasteiger charge is 2.24. The lowest BCUT2D eigenvalue weighted by Gasteiger charge is -2.31. The third-order valence-electron chi connectivity index (χ3n) is 6.20. The van der Waals surface area contributed by atoms with Crippen LogP contribution in [-0.4, -0.2) is 65.4 Å². The first-order valence-electron chi connectivity index (χ1n) is 11.5. The fourth-order valence-corrected chi connectivity index (χ4v) is 4.49. The highest BCUT2D eigenvalue weighted by Crippen LogP contribution is 2.33. The summed E-state index contributed by atoms with van der Waals surface area (Å²) < 4.78 is 12.0. The Balaban J connectivity index is 1.27. The van der Waals surface area contributed by atoms with Crippen LogP contribution in [0.2, 0.25) is 0 Å². The van der Waals surface area contributed by atoms with Gasteiger partial charge in [0.25, 0.3) is 5.56 Å². The van der Waals surface area contributed by atoms with Crippen LogP contribution in [0.25, 0.3) is 11.0 Å². The lowest BCUT2D eigenvalue weighted by molar-refractivity contribution is 0.122. The minimum absolute atomic E-state index is 0.105. The molecule has 1 saturated heterocycles. The van der Waals surface area contributed by atoms with Crippen LogP contribution in [0, 0.1) is 0 Å². The number of ether oxygens (including phenoxy) is 2. The molecule has 1 saturated carbocycles. The molecule has 1 aromatic carbocycles. The first kappa shape index (κ1) is 21.4. The molecular weight excluding hydrogens is 422 g/mol. The quantitative estimate of drug-likeness (QED) is 0.519. The number of H-pyrrole nitrogens is 1. The van der Waals surface area contributed by atoms with E-state index in [0.29, 0.717) is 11.8 Å². The van der Waals surface area contributed by atoms with E-state index < -0.39 is 0 Å². The molecule has 0 atom stereocenters. The SMILES string of the molecule is CNc1nc(N[C@H]2CC[C@@H](Oc3cc(N4CCOCC4)cc4nccnc34)CC2)cc(=O)[nH]1. The number of aromatic nitrogens is 4. The van der Waals surface area contributed by atoms with Crippen molar-refractivity contribution < 1.29 is 9.47 Å². The van der Waals surface area contributed by atoms with E-state index in [1.807, 2.05) is 0 Å². The van der Waals surface area contributed by atoms with Crippen molar-refractivity contribution in [2.75, 3.05) is 48.9 Å². The number of rotatable bonds is 6. The Bertz CT molecular complexity index is 1150. The van der Waals surface area contributed by atoms with Crippen molar-refractivity contribution in [2.45, 2.75) is 37.8 Å². The molecule has 0 amide bonds. The van der Waals surface area contributed by atoms with E-state index in [0.717, 1.165) is 74.5 Å². The van der Waals surface area contributed by atoms with Crippen molar-refractivity contribution in [3.05, 3.63) is 40.9 Å². The molecule has 10 nitrogen and oxygen atoms in total. The molecule has 3 aromatic rings. The van der Waals surface area contributed by atoms with Crippen molar-refractivity contribution in [1.82, 2.24) is 19.9 Å². The first-order chi connectivity index (χ1) is 16.2. The van der Waals surface area contributed by atoms with Gasteiger partial charge >= 0.3 is 0 Å². The second kappa shape index (κ2) is 9.62. The van der Waals surface area contributed by atoms with Crippen LogP contribution >= 0.6 is 0 Å². The molecular formula is C23H29N7O3. The molecule has 0 spiro atoms. The van der Waals surface area contributed by atoms with E-state index >= 15 is 0 Å². The summed E-state index contributed by atoms with van der Waals surface area (Å²) in [6, 6.07) is 5.91. The Hall–Kier alpha value is -3.40. The Kier molecular flexibility index (Phi) is 6.25. The van der Waals surface area contributed by atoms with Crippen molar-refractivity contribution >= 4 is 28.5 Å². The van der Waals surface area contributed by atoms with Gasteiger partial charge in [-0.1, -0.05) is 0 Å². The minimum atomic E-state index is -0.179. The number of morpholine rings is 1. The Labute approximate surface area is 191 Å². The van der Waals surface area contributed by atoms with Gasteiger partial charge in [-0.15, -0.1) is 0 Å². The first-order valence-corrected chi connectivity index (χ1v) is 11.5. The Morgan fingerprint density at radius 3 is 2.67 bits per heavy atom. The van der Waals surface area contributed by atoms with Gasteiger partial charge < -0.3 is 25.0 Å². The zero-order valence-electron chi connectivity index (χ0n) is 18.7. The molecule has 0 bridgehead atoms. The molecule has 5 rings (SSSR count). The van der Waals surface area contributed by atoms with Crippen LogP contribution in [0.1, 0.15) is 25.7 Å². The smallest absolute Gasteiger partial charge is 0.254 e. The number of hydrogen-bond acceptors (Lipinski definition) is 9. The molecule has 2 aromatic heterocycles. The molecule has 10 heteroatoms. The zero-order chi connectivity index (χ0) is 22.6.